The molecule has 3 N–H and O–H groups in total. The van der Waals surface area contributed by atoms with Crippen LogP contribution in [-0.4, -0.2) is 24.5 Å². The lowest BCUT2D eigenvalue weighted by Gasteiger charge is -2.10. The van der Waals surface area contributed by atoms with Gasteiger partial charge in [-0.15, -0.1) is 11.3 Å². The predicted molar refractivity (Wildman–Crippen MR) is 94.7 cm³/mol. The molecule has 4 aromatic rings. The minimum atomic E-state index is 0.250. The normalized spacial score (nSPS) is 11.0. The number of rotatable bonds is 5. The third kappa shape index (κ3) is 2.91. The van der Waals surface area contributed by atoms with E-state index >= 15 is 0 Å². The number of thiazole rings is 1. The summed E-state index contributed by atoms with van der Waals surface area (Å²) in [7, 11) is 0. The van der Waals surface area contributed by atoms with Crippen LogP contribution in [0.4, 0.5) is 11.8 Å². The molecule has 0 unspecified atom stereocenters. The summed E-state index contributed by atoms with van der Waals surface area (Å²) in [5.41, 5.74) is 8.52. The SMILES string of the molecule is Nc1nc(NCc2nccs2)c2c(ccn2Cc2ccccn2)n1. The van der Waals surface area contributed by atoms with E-state index in [1.165, 1.54) is 0 Å². The van der Waals surface area contributed by atoms with Gasteiger partial charge in [0.1, 0.15) is 10.5 Å². The molecule has 0 bridgehead atoms. The highest BCUT2D eigenvalue weighted by Gasteiger charge is 2.12. The molecule has 0 aliphatic rings. The third-order valence-corrected chi connectivity index (χ3v) is 4.36. The predicted octanol–water partition coefficient (Wildman–Crippen LogP) is 2.53. The van der Waals surface area contributed by atoms with Crippen molar-refractivity contribution in [2.24, 2.45) is 0 Å². The second-order valence-corrected chi connectivity index (χ2v) is 6.19. The topological polar surface area (TPSA) is 94.5 Å². The number of anilines is 2. The summed E-state index contributed by atoms with van der Waals surface area (Å²) < 4.78 is 2.07. The monoisotopic (exact) mass is 337 g/mol. The Bertz CT molecular complexity index is 947. The van der Waals surface area contributed by atoms with Gasteiger partial charge < -0.3 is 15.6 Å². The summed E-state index contributed by atoms with van der Waals surface area (Å²) in [4.78, 5) is 17.3. The lowest BCUT2D eigenvalue weighted by Crippen LogP contribution is -2.08. The van der Waals surface area contributed by atoms with Gasteiger partial charge in [0, 0.05) is 24.0 Å². The average Bonchev–Trinajstić information content (AvgIpc) is 3.24. The Kier molecular flexibility index (Phi) is 3.80. The maximum atomic E-state index is 5.84. The van der Waals surface area contributed by atoms with Crippen molar-refractivity contribution in [3.8, 4) is 0 Å². The van der Waals surface area contributed by atoms with Gasteiger partial charge in [-0.25, -0.2) is 9.97 Å². The molecule has 7 nitrogen and oxygen atoms in total. The van der Waals surface area contributed by atoms with Gasteiger partial charge in [0.25, 0.3) is 0 Å². The van der Waals surface area contributed by atoms with Gasteiger partial charge in [-0.05, 0) is 18.2 Å². The van der Waals surface area contributed by atoms with Crippen LogP contribution < -0.4 is 11.1 Å². The first kappa shape index (κ1) is 14.6. The van der Waals surface area contributed by atoms with Crippen LogP contribution in [0.1, 0.15) is 10.7 Å². The fraction of sp³-hybridized carbons (Fsp3) is 0.125. The van der Waals surface area contributed by atoms with Crippen molar-refractivity contribution in [3.63, 3.8) is 0 Å². The Hall–Kier alpha value is -3.00. The van der Waals surface area contributed by atoms with Gasteiger partial charge in [0.05, 0.1) is 24.3 Å². The number of fused-ring (bicyclic) bond motifs is 1. The van der Waals surface area contributed by atoms with Crippen molar-refractivity contribution in [2.45, 2.75) is 13.1 Å². The number of nitrogens with one attached hydrogen (secondary N) is 1. The van der Waals surface area contributed by atoms with E-state index in [0.29, 0.717) is 18.9 Å². The highest BCUT2D eigenvalue weighted by atomic mass is 32.1. The zero-order chi connectivity index (χ0) is 16.4. The largest absolute Gasteiger partial charge is 0.368 e. The second kappa shape index (κ2) is 6.25. The molecule has 4 aromatic heterocycles. The second-order valence-electron chi connectivity index (χ2n) is 5.21. The first-order valence-electron chi connectivity index (χ1n) is 7.44. The lowest BCUT2D eigenvalue weighted by molar-refractivity contribution is 0.805. The molecule has 24 heavy (non-hydrogen) atoms. The number of nitrogen functional groups attached to an aromatic ring is 1. The molecule has 0 fully saturated rings. The van der Waals surface area contributed by atoms with E-state index in [1.807, 2.05) is 35.8 Å². The molecule has 0 radical (unpaired) electrons. The molecule has 0 aliphatic heterocycles. The summed E-state index contributed by atoms with van der Waals surface area (Å²) in [5, 5.41) is 6.26. The van der Waals surface area contributed by atoms with E-state index in [9.17, 15) is 0 Å². The fourth-order valence-electron chi connectivity index (χ4n) is 2.55. The summed E-state index contributed by atoms with van der Waals surface area (Å²) in [6.07, 6.45) is 5.55. The number of pyridine rings is 1. The van der Waals surface area contributed by atoms with E-state index < -0.39 is 0 Å². The van der Waals surface area contributed by atoms with Gasteiger partial charge in [-0.1, -0.05) is 6.07 Å². The molecule has 120 valence electrons. The molecular weight excluding hydrogens is 322 g/mol. The number of hydrogen-bond donors (Lipinski definition) is 2. The third-order valence-electron chi connectivity index (χ3n) is 3.58. The Labute approximate surface area is 142 Å². The fourth-order valence-corrected chi connectivity index (χ4v) is 3.10. The van der Waals surface area contributed by atoms with Crippen molar-refractivity contribution < 1.29 is 0 Å². The quantitative estimate of drug-likeness (QED) is 0.581. The smallest absolute Gasteiger partial charge is 0.222 e. The summed E-state index contributed by atoms with van der Waals surface area (Å²) >= 11 is 1.60. The van der Waals surface area contributed by atoms with E-state index in [2.05, 4.69) is 29.8 Å². The standard InChI is InChI=1S/C16H15N7S/c17-16-21-12-4-7-23(10-11-3-1-2-5-18-11)14(12)15(22-16)20-9-13-19-6-8-24-13/h1-8H,9-10H2,(H3,17,20,21,22). The molecular formula is C16H15N7S. The van der Waals surface area contributed by atoms with Crippen molar-refractivity contribution in [1.29, 1.82) is 0 Å². The minimum Gasteiger partial charge on any atom is -0.368 e. The van der Waals surface area contributed by atoms with E-state index in [1.54, 1.807) is 23.7 Å². The van der Waals surface area contributed by atoms with Crippen molar-refractivity contribution in [1.82, 2.24) is 24.5 Å². The average molecular weight is 337 g/mol. The van der Waals surface area contributed by atoms with Crippen molar-refractivity contribution in [2.75, 3.05) is 11.1 Å². The molecule has 8 heteroatoms. The molecule has 4 heterocycles. The van der Waals surface area contributed by atoms with Gasteiger partial charge >= 0.3 is 0 Å². The zero-order valence-corrected chi connectivity index (χ0v) is 13.6. The van der Waals surface area contributed by atoms with Crippen LogP contribution >= 0.6 is 11.3 Å². The highest BCUT2D eigenvalue weighted by molar-refractivity contribution is 7.09. The van der Waals surface area contributed by atoms with Crippen LogP contribution in [0.5, 0.6) is 0 Å². The number of nitrogens with two attached hydrogens (primary N) is 1. The number of aromatic nitrogens is 5. The first-order valence-corrected chi connectivity index (χ1v) is 8.32. The molecule has 0 saturated heterocycles. The van der Waals surface area contributed by atoms with Crippen molar-refractivity contribution in [3.05, 3.63) is 58.9 Å². The van der Waals surface area contributed by atoms with Crippen LogP contribution in [0.2, 0.25) is 0 Å². The van der Waals surface area contributed by atoms with Gasteiger partial charge in [0.2, 0.25) is 5.95 Å². The Morgan fingerprint density at radius 2 is 2.08 bits per heavy atom. The molecule has 0 spiro atoms. The lowest BCUT2D eigenvalue weighted by atomic mass is 10.3. The first-order chi connectivity index (χ1) is 11.8. The van der Waals surface area contributed by atoms with Crippen LogP contribution in [0, 0.1) is 0 Å². The van der Waals surface area contributed by atoms with Crippen LogP contribution in [0.25, 0.3) is 11.0 Å². The zero-order valence-electron chi connectivity index (χ0n) is 12.8. The molecule has 0 aliphatic carbocycles. The highest BCUT2D eigenvalue weighted by Crippen LogP contribution is 2.24. The Morgan fingerprint density at radius 1 is 1.12 bits per heavy atom. The van der Waals surface area contributed by atoms with Crippen molar-refractivity contribution >= 4 is 34.1 Å². The van der Waals surface area contributed by atoms with Crippen LogP contribution in [0.15, 0.2) is 48.2 Å². The Morgan fingerprint density at radius 3 is 2.88 bits per heavy atom. The van der Waals surface area contributed by atoms with Gasteiger partial charge in [-0.3, -0.25) is 4.98 Å². The molecule has 0 aromatic carbocycles. The summed E-state index contributed by atoms with van der Waals surface area (Å²) in [5.74, 6) is 0.952. The Balaban J connectivity index is 1.70. The summed E-state index contributed by atoms with van der Waals surface area (Å²) in [6.45, 7) is 1.24. The van der Waals surface area contributed by atoms with E-state index in [4.69, 9.17) is 5.73 Å². The molecule has 0 atom stereocenters. The summed E-state index contributed by atoms with van der Waals surface area (Å²) in [6, 6.07) is 7.81. The van der Waals surface area contributed by atoms with Gasteiger partial charge in [-0.2, -0.15) is 4.98 Å². The van der Waals surface area contributed by atoms with Crippen LogP contribution in [0.3, 0.4) is 0 Å². The van der Waals surface area contributed by atoms with E-state index in [0.717, 1.165) is 21.7 Å². The van der Waals surface area contributed by atoms with Gasteiger partial charge in [0.15, 0.2) is 5.82 Å². The number of hydrogen-bond acceptors (Lipinski definition) is 7. The number of nitrogens with zero attached hydrogens (tertiary/aromatic N) is 5. The minimum absolute atomic E-state index is 0.250. The maximum Gasteiger partial charge on any atom is 0.222 e. The molecule has 0 amide bonds. The maximum absolute atomic E-state index is 5.84. The molecule has 0 saturated carbocycles. The van der Waals surface area contributed by atoms with Crippen LogP contribution in [-0.2, 0) is 13.1 Å². The van der Waals surface area contributed by atoms with E-state index in [-0.39, 0.29) is 5.95 Å². The molecule has 4 rings (SSSR count).